The summed E-state index contributed by atoms with van der Waals surface area (Å²) in [7, 11) is 0. The molecule has 0 spiro atoms. The minimum Gasteiger partial charge on any atom is -0.445 e. The maximum atomic E-state index is 10.8. The molecule has 11 heavy (non-hydrogen) atoms. The van der Waals surface area contributed by atoms with Crippen LogP contribution in [0.4, 0.5) is 4.79 Å². The van der Waals surface area contributed by atoms with Crippen molar-refractivity contribution < 1.29 is 9.53 Å². The van der Waals surface area contributed by atoms with E-state index in [4.69, 9.17) is 4.74 Å². The van der Waals surface area contributed by atoms with E-state index in [0.717, 1.165) is 11.3 Å². The van der Waals surface area contributed by atoms with Crippen LogP contribution in [0.15, 0.2) is 11.3 Å². The van der Waals surface area contributed by atoms with Crippen molar-refractivity contribution >= 4 is 6.09 Å². The molecule has 0 aromatic carbocycles. The topological polar surface area (TPSA) is 38.3 Å². The van der Waals surface area contributed by atoms with Gasteiger partial charge in [-0.1, -0.05) is 13.8 Å². The van der Waals surface area contributed by atoms with Gasteiger partial charge in [-0.05, 0) is 18.4 Å². The van der Waals surface area contributed by atoms with E-state index in [0.29, 0.717) is 12.5 Å². The number of rotatable bonds is 1. The van der Waals surface area contributed by atoms with Crippen LogP contribution in [0.5, 0.6) is 0 Å². The Hall–Kier alpha value is -0.990. The molecule has 3 nitrogen and oxygen atoms in total. The van der Waals surface area contributed by atoms with E-state index in [-0.39, 0.29) is 6.09 Å². The molecule has 0 bridgehead atoms. The number of alkyl carbamates (subject to hydrolysis) is 1. The van der Waals surface area contributed by atoms with Crippen LogP contribution >= 0.6 is 0 Å². The number of carbonyl (C=O) groups excluding carboxylic acids is 1. The van der Waals surface area contributed by atoms with Crippen molar-refractivity contribution in [2.75, 3.05) is 6.61 Å². The lowest BCUT2D eigenvalue weighted by atomic mass is 10.1. The van der Waals surface area contributed by atoms with Crippen molar-refractivity contribution in [3.8, 4) is 0 Å². The van der Waals surface area contributed by atoms with Crippen LogP contribution in [0.3, 0.4) is 0 Å². The molecule has 0 atom stereocenters. The number of amides is 1. The summed E-state index contributed by atoms with van der Waals surface area (Å²) in [5, 5.41) is 2.68. The predicted molar refractivity (Wildman–Crippen MR) is 42.0 cm³/mol. The summed E-state index contributed by atoms with van der Waals surface area (Å²) in [5.74, 6) is 0.364. The maximum Gasteiger partial charge on any atom is 0.411 e. The first-order valence-electron chi connectivity index (χ1n) is 3.74. The molecule has 0 aromatic heterocycles. The zero-order valence-electron chi connectivity index (χ0n) is 7.10. The fourth-order valence-electron chi connectivity index (χ4n) is 1.14. The molecule has 0 aromatic rings. The van der Waals surface area contributed by atoms with Gasteiger partial charge in [-0.15, -0.1) is 0 Å². The summed E-state index contributed by atoms with van der Waals surface area (Å²) >= 11 is 0. The number of hydrogen-bond donors (Lipinski definition) is 1. The zero-order chi connectivity index (χ0) is 8.43. The van der Waals surface area contributed by atoms with E-state index in [2.05, 4.69) is 5.32 Å². The van der Waals surface area contributed by atoms with Gasteiger partial charge in [-0.3, -0.25) is 5.32 Å². The Bertz CT molecular complexity index is 206. The lowest BCUT2D eigenvalue weighted by Gasteiger charge is -2.21. The van der Waals surface area contributed by atoms with Crippen molar-refractivity contribution in [1.82, 2.24) is 5.32 Å². The molecule has 1 rings (SSSR count). The highest BCUT2D eigenvalue weighted by atomic mass is 16.5. The number of nitrogens with one attached hydrogen (secondary N) is 1. The molecule has 1 aliphatic heterocycles. The van der Waals surface area contributed by atoms with Crippen LogP contribution in [0.25, 0.3) is 0 Å². The Kier molecular flexibility index (Phi) is 2.17. The molecular weight excluding hydrogens is 142 g/mol. The van der Waals surface area contributed by atoms with E-state index < -0.39 is 0 Å². The lowest BCUT2D eigenvalue weighted by Crippen LogP contribution is -2.32. The molecule has 0 unspecified atom stereocenters. The Balaban J connectivity index is 2.79. The number of cyclic esters (lactones) is 1. The minimum atomic E-state index is -0.334. The largest absolute Gasteiger partial charge is 0.445 e. The van der Waals surface area contributed by atoms with E-state index in [1.54, 1.807) is 0 Å². The summed E-state index contributed by atoms with van der Waals surface area (Å²) in [4.78, 5) is 10.8. The van der Waals surface area contributed by atoms with Gasteiger partial charge in [0.25, 0.3) is 0 Å². The van der Waals surface area contributed by atoms with Gasteiger partial charge in [-0.25, -0.2) is 4.79 Å². The van der Waals surface area contributed by atoms with Crippen LogP contribution < -0.4 is 5.32 Å². The SMILES string of the molecule is CC1=C(C(C)C)NC(=O)OC1. The van der Waals surface area contributed by atoms with Gasteiger partial charge in [0.15, 0.2) is 0 Å². The average molecular weight is 155 g/mol. The average Bonchev–Trinajstić information content (AvgIpc) is 1.94. The summed E-state index contributed by atoms with van der Waals surface area (Å²) in [6.07, 6.45) is -0.334. The van der Waals surface area contributed by atoms with Gasteiger partial charge < -0.3 is 4.74 Å². The summed E-state index contributed by atoms with van der Waals surface area (Å²) in [6, 6.07) is 0. The van der Waals surface area contributed by atoms with Crippen molar-refractivity contribution in [3.63, 3.8) is 0 Å². The molecule has 1 aliphatic rings. The van der Waals surface area contributed by atoms with Crippen molar-refractivity contribution in [2.24, 2.45) is 5.92 Å². The number of ether oxygens (including phenoxy) is 1. The van der Waals surface area contributed by atoms with Crippen molar-refractivity contribution in [1.29, 1.82) is 0 Å². The second kappa shape index (κ2) is 2.95. The number of hydrogen-bond acceptors (Lipinski definition) is 2. The Morgan fingerprint density at radius 2 is 2.18 bits per heavy atom. The van der Waals surface area contributed by atoms with Crippen LogP contribution in [-0.2, 0) is 4.74 Å². The quantitative estimate of drug-likeness (QED) is 0.625. The standard InChI is InChI=1S/C8H13NO2/c1-5(2)7-6(3)4-11-8(10)9-7/h5H,4H2,1-3H3,(H,9,10). The Labute approximate surface area is 66.4 Å². The van der Waals surface area contributed by atoms with Gasteiger partial charge >= 0.3 is 6.09 Å². The van der Waals surface area contributed by atoms with E-state index in [9.17, 15) is 4.79 Å². The molecule has 1 heterocycles. The molecule has 0 saturated carbocycles. The van der Waals surface area contributed by atoms with Gasteiger partial charge in [-0.2, -0.15) is 0 Å². The first-order chi connectivity index (χ1) is 5.11. The third kappa shape index (κ3) is 1.73. The molecule has 0 saturated heterocycles. The van der Waals surface area contributed by atoms with Crippen LogP contribution in [-0.4, -0.2) is 12.7 Å². The smallest absolute Gasteiger partial charge is 0.411 e. The molecular formula is C8H13NO2. The highest BCUT2D eigenvalue weighted by Crippen LogP contribution is 2.15. The lowest BCUT2D eigenvalue weighted by molar-refractivity contribution is 0.150. The molecule has 1 N–H and O–H groups in total. The van der Waals surface area contributed by atoms with E-state index in [1.165, 1.54) is 0 Å². The summed E-state index contributed by atoms with van der Waals surface area (Å²) in [6.45, 7) is 6.49. The van der Waals surface area contributed by atoms with Gasteiger partial charge in [0, 0.05) is 5.70 Å². The van der Waals surface area contributed by atoms with E-state index in [1.807, 2.05) is 20.8 Å². The summed E-state index contributed by atoms with van der Waals surface area (Å²) in [5.41, 5.74) is 2.11. The predicted octanol–water partition coefficient (Wildman–Crippen LogP) is 1.66. The summed E-state index contributed by atoms with van der Waals surface area (Å²) < 4.78 is 4.76. The van der Waals surface area contributed by atoms with Crippen LogP contribution in [0, 0.1) is 5.92 Å². The van der Waals surface area contributed by atoms with Gasteiger partial charge in [0.05, 0.1) is 0 Å². The first-order valence-corrected chi connectivity index (χ1v) is 3.74. The molecule has 0 aliphatic carbocycles. The van der Waals surface area contributed by atoms with E-state index >= 15 is 0 Å². The second-order valence-corrected chi connectivity index (χ2v) is 3.05. The van der Waals surface area contributed by atoms with Gasteiger partial charge in [0.2, 0.25) is 0 Å². The highest BCUT2D eigenvalue weighted by Gasteiger charge is 2.17. The molecule has 3 heteroatoms. The number of carbonyl (C=O) groups is 1. The molecule has 62 valence electrons. The van der Waals surface area contributed by atoms with Crippen LogP contribution in [0.2, 0.25) is 0 Å². The minimum absolute atomic E-state index is 0.334. The maximum absolute atomic E-state index is 10.8. The molecule has 0 radical (unpaired) electrons. The fourth-order valence-corrected chi connectivity index (χ4v) is 1.14. The third-order valence-electron chi connectivity index (χ3n) is 1.69. The zero-order valence-corrected chi connectivity index (χ0v) is 7.10. The first kappa shape index (κ1) is 8.11. The normalized spacial score (nSPS) is 18.4. The van der Waals surface area contributed by atoms with Crippen molar-refractivity contribution in [2.45, 2.75) is 20.8 Å². The Morgan fingerprint density at radius 3 is 2.64 bits per heavy atom. The number of allylic oxidation sites excluding steroid dienone is 1. The second-order valence-electron chi connectivity index (χ2n) is 3.05. The van der Waals surface area contributed by atoms with Crippen LogP contribution in [0.1, 0.15) is 20.8 Å². The molecule has 1 amide bonds. The highest BCUT2D eigenvalue weighted by molar-refractivity contribution is 5.71. The molecule has 0 fully saturated rings. The Morgan fingerprint density at radius 1 is 1.55 bits per heavy atom. The third-order valence-corrected chi connectivity index (χ3v) is 1.69. The van der Waals surface area contributed by atoms with Gasteiger partial charge in [0.1, 0.15) is 6.61 Å². The van der Waals surface area contributed by atoms with Crippen molar-refractivity contribution in [3.05, 3.63) is 11.3 Å². The fraction of sp³-hybridized carbons (Fsp3) is 0.625. The monoisotopic (exact) mass is 155 g/mol.